The summed E-state index contributed by atoms with van der Waals surface area (Å²) < 4.78 is 0. The predicted octanol–water partition coefficient (Wildman–Crippen LogP) is 1.82. The van der Waals surface area contributed by atoms with E-state index in [0.717, 1.165) is 5.56 Å². The molecule has 1 amide bonds. The van der Waals surface area contributed by atoms with Crippen molar-refractivity contribution in [2.24, 2.45) is 5.92 Å². The van der Waals surface area contributed by atoms with Crippen LogP contribution in [0.15, 0.2) is 24.3 Å². The number of carbonyl (C=O) groups is 2. The van der Waals surface area contributed by atoms with E-state index in [9.17, 15) is 9.59 Å². The van der Waals surface area contributed by atoms with Gasteiger partial charge in [0.05, 0.1) is 12.3 Å². The lowest BCUT2D eigenvalue weighted by atomic mass is 10.1. The van der Waals surface area contributed by atoms with Crippen molar-refractivity contribution in [3.8, 4) is 0 Å². The number of nitrogens with zero attached hydrogens (tertiary/aromatic N) is 1. The van der Waals surface area contributed by atoms with Gasteiger partial charge < -0.3 is 10.0 Å². The maximum absolute atomic E-state index is 12.0. The molecule has 5 heteroatoms. The van der Waals surface area contributed by atoms with E-state index in [0.29, 0.717) is 24.5 Å². The Hall–Kier alpha value is -1.55. The summed E-state index contributed by atoms with van der Waals surface area (Å²) in [6.45, 7) is 0.838. The van der Waals surface area contributed by atoms with Gasteiger partial charge in [-0.25, -0.2) is 0 Å². The first kappa shape index (κ1) is 12.9. The highest BCUT2D eigenvalue weighted by atomic mass is 35.5. The van der Waals surface area contributed by atoms with E-state index in [1.54, 1.807) is 23.1 Å². The fourth-order valence-corrected chi connectivity index (χ4v) is 2.33. The zero-order valence-corrected chi connectivity index (χ0v) is 10.6. The van der Waals surface area contributed by atoms with Gasteiger partial charge >= 0.3 is 5.97 Å². The van der Waals surface area contributed by atoms with Crippen LogP contribution in [0.3, 0.4) is 0 Å². The first-order chi connectivity index (χ1) is 8.56. The highest BCUT2D eigenvalue weighted by Crippen LogP contribution is 2.18. The summed E-state index contributed by atoms with van der Waals surface area (Å²) in [5, 5.41) is 9.49. The Morgan fingerprint density at radius 2 is 2.22 bits per heavy atom. The summed E-state index contributed by atoms with van der Waals surface area (Å²) >= 11 is 5.85. The molecule has 0 radical (unpaired) electrons. The number of carboxylic acid groups (broad SMARTS) is 1. The quantitative estimate of drug-likeness (QED) is 0.909. The Labute approximate surface area is 110 Å². The van der Waals surface area contributed by atoms with Crippen molar-refractivity contribution >= 4 is 23.5 Å². The van der Waals surface area contributed by atoms with Crippen LogP contribution in [0, 0.1) is 5.92 Å². The van der Waals surface area contributed by atoms with E-state index in [1.165, 1.54) is 0 Å². The van der Waals surface area contributed by atoms with Crippen LogP contribution in [0.4, 0.5) is 0 Å². The molecule has 0 aromatic heterocycles. The molecule has 1 fully saturated rings. The van der Waals surface area contributed by atoms with Gasteiger partial charge in [-0.1, -0.05) is 23.7 Å². The minimum absolute atomic E-state index is 0.0407. The fraction of sp³-hybridized carbons (Fsp3) is 0.385. The Kier molecular flexibility index (Phi) is 3.87. The molecule has 1 heterocycles. The summed E-state index contributed by atoms with van der Waals surface area (Å²) in [6, 6.07) is 7.15. The van der Waals surface area contributed by atoms with E-state index < -0.39 is 11.9 Å². The fourth-order valence-electron chi connectivity index (χ4n) is 2.12. The van der Waals surface area contributed by atoms with Crippen molar-refractivity contribution in [3.05, 3.63) is 34.9 Å². The van der Waals surface area contributed by atoms with Crippen molar-refractivity contribution in [1.82, 2.24) is 4.90 Å². The van der Waals surface area contributed by atoms with E-state index in [2.05, 4.69) is 0 Å². The number of amides is 1. The molecule has 4 nitrogen and oxygen atoms in total. The number of likely N-dealkylation sites (tertiary alicyclic amines) is 1. The molecule has 1 saturated heterocycles. The first-order valence-electron chi connectivity index (χ1n) is 5.81. The van der Waals surface area contributed by atoms with Gasteiger partial charge in [0, 0.05) is 18.1 Å². The molecule has 1 aliphatic heterocycles. The van der Waals surface area contributed by atoms with Gasteiger partial charge in [-0.05, 0) is 24.1 Å². The lowest BCUT2D eigenvalue weighted by Crippen LogP contribution is -2.31. The topological polar surface area (TPSA) is 57.6 Å². The standard InChI is InChI=1S/C13H14ClNO3/c14-11-3-1-2-9(6-11)7-12(16)15-5-4-10(8-15)13(17)18/h1-3,6,10H,4-5,7-8H2,(H,17,18)/t10-/m0/s1. The monoisotopic (exact) mass is 267 g/mol. The minimum Gasteiger partial charge on any atom is -0.481 e. The second kappa shape index (κ2) is 5.40. The molecule has 1 aromatic carbocycles. The summed E-state index contributed by atoms with van der Waals surface area (Å²) in [7, 11) is 0. The van der Waals surface area contributed by atoms with Crippen LogP contribution >= 0.6 is 11.6 Å². The number of carboxylic acids is 1. The summed E-state index contributed by atoms with van der Waals surface area (Å²) in [5.74, 6) is -1.29. The largest absolute Gasteiger partial charge is 0.481 e. The Morgan fingerprint density at radius 1 is 1.44 bits per heavy atom. The highest BCUT2D eigenvalue weighted by Gasteiger charge is 2.30. The van der Waals surface area contributed by atoms with Gasteiger partial charge in [-0.15, -0.1) is 0 Å². The molecule has 0 spiro atoms. The minimum atomic E-state index is -0.826. The van der Waals surface area contributed by atoms with Gasteiger partial charge in [0.1, 0.15) is 0 Å². The Bertz CT molecular complexity index is 475. The van der Waals surface area contributed by atoms with E-state index in [-0.39, 0.29) is 12.3 Å². The zero-order chi connectivity index (χ0) is 13.1. The van der Waals surface area contributed by atoms with E-state index in [4.69, 9.17) is 16.7 Å². The smallest absolute Gasteiger partial charge is 0.308 e. The lowest BCUT2D eigenvalue weighted by Gasteiger charge is -2.15. The van der Waals surface area contributed by atoms with Gasteiger partial charge in [-0.2, -0.15) is 0 Å². The van der Waals surface area contributed by atoms with E-state index >= 15 is 0 Å². The van der Waals surface area contributed by atoms with Crippen molar-refractivity contribution < 1.29 is 14.7 Å². The van der Waals surface area contributed by atoms with E-state index in [1.807, 2.05) is 6.07 Å². The average molecular weight is 268 g/mol. The number of carbonyl (C=O) groups excluding carboxylic acids is 1. The summed E-state index contributed by atoms with van der Waals surface area (Å²) in [6.07, 6.45) is 0.809. The second-order valence-electron chi connectivity index (χ2n) is 4.47. The third-order valence-corrected chi connectivity index (χ3v) is 3.37. The highest BCUT2D eigenvalue weighted by molar-refractivity contribution is 6.30. The normalized spacial score (nSPS) is 18.9. The molecule has 1 N–H and O–H groups in total. The van der Waals surface area contributed by atoms with Gasteiger partial charge in [-0.3, -0.25) is 9.59 Å². The van der Waals surface area contributed by atoms with Gasteiger partial charge in [0.15, 0.2) is 0 Å². The first-order valence-corrected chi connectivity index (χ1v) is 6.19. The van der Waals surface area contributed by atoms with Crippen molar-refractivity contribution in [2.75, 3.05) is 13.1 Å². The van der Waals surface area contributed by atoms with Gasteiger partial charge in [0.2, 0.25) is 5.91 Å². The van der Waals surface area contributed by atoms with Crippen LogP contribution in [0.25, 0.3) is 0 Å². The third kappa shape index (κ3) is 3.01. The molecule has 1 atom stereocenters. The average Bonchev–Trinajstić information content (AvgIpc) is 2.78. The molecule has 1 aliphatic rings. The number of hydrogen-bond acceptors (Lipinski definition) is 2. The maximum atomic E-state index is 12.0. The molecule has 0 bridgehead atoms. The molecule has 96 valence electrons. The molecule has 18 heavy (non-hydrogen) atoms. The van der Waals surface area contributed by atoms with Crippen LogP contribution in [-0.2, 0) is 16.0 Å². The Morgan fingerprint density at radius 3 is 2.83 bits per heavy atom. The summed E-state index contributed by atoms with van der Waals surface area (Å²) in [5.41, 5.74) is 0.853. The van der Waals surface area contributed by atoms with Crippen LogP contribution in [0.1, 0.15) is 12.0 Å². The summed E-state index contributed by atoms with van der Waals surface area (Å²) in [4.78, 5) is 24.4. The van der Waals surface area contributed by atoms with Crippen LogP contribution in [0.2, 0.25) is 5.02 Å². The maximum Gasteiger partial charge on any atom is 0.308 e. The molecule has 0 aliphatic carbocycles. The number of halogens is 1. The molecule has 0 unspecified atom stereocenters. The van der Waals surface area contributed by atoms with Crippen molar-refractivity contribution in [2.45, 2.75) is 12.8 Å². The van der Waals surface area contributed by atoms with Crippen LogP contribution in [0.5, 0.6) is 0 Å². The predicted molar refractivity (Wildman–Crippen MR) is 67.5 cm³/mol. The molecular formula is C13H14ClNO3. The number of rotatable bonds is 3. The van der Waals surface area contributed by atoms with Crippen molar-refractivity contribution in [1.29, 1.82) is 0 Å². The molecule has 0 saturated carbocycles. The molecule has 1 aromatic rings. The molecule has 2 rings (SSSR count). The van der Waals surface area contributed by atoms with Crippen LogP contribution < -0.4 is 0 Å². The number of benzene rings is 1. The lowest BCUT2D eigenvalue weighted by molar-refractivity contribution is -0.141. The SMILES string of the molecule is O=C(O)[C@H]1CCN(C(=O)Cc2cccc(Cl)c2)C1. The van der Waals surface area contributed by atoms with Crippen LogP contribution in [-0.4, -0.2) is 35.0 Å². The number of aliphatic carboxylic acids is 1. The van der Waals surface area contributed by atoms with Crippen molar-refractivity contribution in [3.63, 3.8) is 0 Å². The second-order valence-corrected chi connectivity index (χ2v) is 4.91. The molecular weight excluding hydrogens is 254 g/mol. The zero-order valence-electron chi connectivity index (χ0n) is 9.80. The van der Waals surface area contributed by atoms with Gasteiger partial charge in [0.25, 0.3) is 0 Å². The number of hydrogen-bond donors (Lipinski definition) is 1. The Balaban J connectivity index is 1.95. The third-order valence-electron chi connectivity index (χ3n) is 3.13.